The Morgan fingerprint density at radius 3 is 1.93 bits per heavy atom. The lowest BCUT2D eigenvalue weighted by Crippen LogP contribution is -2.72. The molecule has 0 saturated carbocycles. The molecule has 0 bridgehead atoms. The van der Waals surface area contributed by atoms with Crippen molar-refractivity contribution in [2.75, 3.05) is 4.57 Å². The third-order valence-electron chi connectivity index (χ3n) is 6.27. The van der Waals surface area contributed by atoms with Crippen molar-refractivity contribution >= 4 is 24.3 Å². The first kappa shape index (κ1) is 17.9. The van der Waals surface area contributed by atoms with Gasteiger partial charge < -0.3 is 4.57 Å². The molecule has 29 heavy (non-hydrogen) atoms. The van der Waals surface area contributed by atoms with Gasteiger partial charge in [0.15, 0.2) is 5.69 Å². The first-order chi connectivity index (χ1) is 14.2. The molecule has 0 aliphatic carbocycles. The van der Waals surface area contributed by atoms with E-state index in [4.69, 9.17) is 0 Å². The summed E-state index contributed by atoms with van der Waals surface area (Å²) >= 11 is 0. The number of rotatable bonds is 3. The van der Waals surface area contributed by atoms with Crippen LogP contribution in [0.3, 0.4) is 0 Å². The van der Waals surface area contributed by atoms with Crippen molar-refractivity contribution in [3.05, 3.63) is 109 Å². The Balaban J connectivity index is 1.79. The van der Waals surface area contributed by atoms with E-state index < -0.39 is 8.24 Å². The monoisotopic (exact) mass is 393 g/mol. The molecule has 0 saturated heterocycles. The highest BCUT2D eigenvalue weighted by molar-refractivity contribution is 7.03. The highest BCUT2D eigenvalue weighted by Crippen LogP contribution is 2.35. The first-order valence-corrected chi connectivity index (χ1v) is 12.6. The maximum Gasteiger partial charge on any atom is 0.223 e. The zero-order valence-corrected chi connectivity index (χ0v) is 17.9. The Labute approximate surface area is 173 Å². The summed E-state index contributed by atoms with van der Waals surface area (Å²) in [7, 11) is -2.23. The van der Waals surface area contributed by atoms with Crippen LogP contribution >= 0.6 is 0 Å². The van der Waals surface area contributed by atoms with Crippen LogP contribution in [0.15, 0.2) is 103 Å². The minimum absolute atomic E-state index is 0.867. The second-order valence-corrected chi connectivity index (χ2v) is 11.7. The van der Waals surface area contributed by atoms with E-state index in [2.05, 4.69) is 126 Å². The van der Waals surface area contributed by atoms with Gasteiger partial charge in [0.05, 0.1) is 5.56 Å². The average molecular weight is 394 g/mol. The lowest BCUT2D eigenvalue weighted by atomic mass is 10.1. The molecule has 5 rings (SSSR count). The van der Waals surface area contributed by atoms with Crippen LogP contribution in [0.2, 0.25) is 6.55 Å². The van der Waals surface area contributed by atoms with Gasteiger partial charge in [-0.05, 0) is 35.1 Å². The Morgan fingerprint density at radius 1 is 0.690 bits per heavy atom. The van der Waals surface area contributed by atoms with Crippen LogP contribution in [0.5, 0.6) is 0 Å². The minimum atomic E-state index is -2.23. The average Bonchev–Trinajstić information content (AvgIpc) is 2.79. The zero-order valence-electron chi connectivity index (χ0n) is 16.9. The van der Waals surface area contributed by atoms with Crippen molar-refractivity contribution in [3.63, 3.8) is 0 Å². The molecule has 0 unspecified atom stereocenters. The predicted octanol–water partition coefficient (Wildman–Crippen LogP) is 4.12. The molecule has 1 aliphatic rings. The molecular formula is C26H25N2Si+. The molecule has 2 heterocycles. The van der Waals surface area contributed by atoms with Crippen molar-refractivity contribution < 1.29 is 4.57 Å². The third-order valence-corrected chi connectivity index (χ3v) is 10.7. The molecule has 0 atom stereocenters. The Bertz CT molecular complexity index is 1120. The summed E-state index contributed by atoms with van der Waals surface area (Å²) in [5.74, 6) is 0. The van der Waals surface area contributed by atoms with Crippen LogP contribution in [0, 0.1) is 6.92 Å². The predicted molar refractivity (Wildman–Crippen MR) is 123 cm³/mol. The van der Waals surface area contributed by atoms with E-state index in [1.54, 1.807) is 0 Å². The molecule has 0 spiro atoms. The van der Waals surface area contributed by atoms with Crippen LogP contribution in [-0.4, -0.2) is 8.24 Å². The van der Waals surface area contributed by atoms with Crippen molar-refractivity contribution in [1.82, 2.24) is 0 Å². The van der Waals surface area contributed by atoms with E-state index in [1.807, 2.05) is 0 Å². The van der Waals surface area contributed by atoms with Gasteiger partial charge in [0, 0.05) is 24.7 Å². The van der Waals surface area contributed by atoms with Gasteiger partial charge in [-0.3, -0.25) is 0 Å². The molecule has 0 amide bonds. The number of nitrogens with zero attached hydrogens (tertiary/aromatic N) is 2. The largest absolute Gasteiger partial charge is 0.335 e. The van der Waals surface area contributed by atoms with Crippen LogP contribution < -0.4 is 19.5 Å². The molecule has 2 nitrogen and oxygen atoms in total. The summed E-state index contributed by atoms with van der Waals surface area (Å²) in [6.07, 6.45) is 0. The standard InChI is InChI=1S/C26H25N2Si/c1-21-12-11-19-25-24-17-9-10-18-26(24)28(20-27(21)25)29(2,22-13-5-3-6-14-22)23-15-7-4-8-16-23/h3-19H,20H2,1-2H3/q+1. The highest BCUT2D eigenvalue weighted by Gasteiger charge is 2.44. The molecule has 3 aromatic carbocycles. The van der Waals surface area contributed by atoms with E-state index in [1.165, 1.54) is 33.0 Å². The molecule has 4 aromatic rings. The number of aromatic nitrogens is 1. The van der Waals surface area contributed by atoms with Gasteiger partial charge in [0.1, 0.15) is 0 Å². The van der Waals surface area contributed by atoms with E-state index in [0.29, 0.717) is 0 Å². The number of pyridine rings is 1. The Kier molecular flexibility index (Phi) is 4.33. The molecule has 142 valence electrons. The van der Waals surface area contributed by atoms with Crippen molar-refractivity contribution in [3.8, 4) is 11.3 Å². The van der Waals surface area contributed by atoms with E-state index in [-0.39, 0.29) is 0 Å². The van der Waals surface area contributed by atoms with Crippen LogP contribution in [0.25, 0.3) is 11.3 Å². The quantitative estimate of drug-likeness (QED) is 0.375. The first-order valence-electron chi connectivity index (χ1n) is 10.2. The molecule has 0 radical (unpaired) electrons. The molecule has 0 fully saturated rings. The summed E-state index contributed by atoms with van der Waals surface area (Å²) in [6, 6.07) is 37.6. The Morgan fingerprint density at radius 2 is 1.28 bits per heavy atom. The van der Waals surface area contributed by atoms with Gasteiger partial charge in [-0.2, -0.15) is 4.57 Å². The van der Waals surface area contributed by atoms with Gasteiger partial charge >= 0.3 is 0 Å². The number of para-hydroxylation sites is 1. The molecule has 3 heteroatoms. The molecule has 0 N–H and O–H groups in total. The Hall–Kier alpha value is -3.17. The molecular weight excluding hydrogens is 368 g/mol. The maximum absolute atomic E-state index is 2.69. The summed E-state index contributed by atoms with van der Waals surface area (Å²) in [5, 5.41) is 2.86. The number of anilines is 1. The van der Waals surface area contributed by atoms with Gasteiger partial charge in [-0.15, -0.1) is 0 Å². The second kappa shape index (κ2) is 7.01. The van der Waals surface area contributed by atoms with Crippen LogP contribution in [0.4, 0.5) is 5.69 Å². The van der Waals surface area contributed by atoms with Gasteiger partial charge in [0.25, 0.3) is 0 Å². The lowest BCUT2D eigenvalue weighted by molar-refractivity contribution is -0.691. The smallest absolute Gasteiger partial charge is 0.223 e. The van der Waals surface area contributed by atoms with Crippen molar-refractivity contribution in [2.24, 2.45) is 0 Å². The second-order valence-electron chi connectivity index (χ2n) is 7.87. The molecule has 1 aromatic heterocycles. The van der Waals surface area contributed by atoms with Crippen LogP contribution in [-0.2, 0) is 6.67 Å². The summed E-state index contributed by atoms with van der Waals surface area (Å²) < 4.78 is 5.15. The fourth-order valence-corrected chi connectivity index (χ4v) is 8.34. The fourth-order valence-electron chi connectivity index (χ4n) is 4.60. The summed E-state index contributed by atoms with van der Waals surface area (Å²) in [5.41, 5.74) is 5.24. The number of benzene rings is 3. The fraction of sp³-hybridized carbons (Fsp3) is 0.115. The van der Waals surface area contributed by atoms with Gasteiger partial charge in [-0.25, -0.2) is 0 Å². The minimum Gasteiger partial charge on any atom is -0.335 e. The van der Waals surface area contributed by atoms with Crippen LogP contribution in [0.1, 0.15) is 5.69 Å². The van der Waals surface area contributed by atoms with Gasteiger partial charge in [-0.1, -0.05) is 72.8 Å². The van der Waals surface area contributed by atoms with Crippen molar-refractivity contribution in [1.29, 1.82) is 0 Å². The van der Waals surface area contributed by atoms with E-state index in [0.717, 1.165) is 6.67 Å². The van der Waals surface area contributed by atoms with E-state index >= 15 is 0 Å². The maximum atomic E-state index is 2.69. The summed E-state index contributed by atoms with van der Waals surface area (Å²) in [6.45, 7) is 5.56. The van der Waals surface area contributed by atoms with Gasteiger partial charge in [0.2, 0.25) is 20.6 Å². The zero-order chi connectivity index (χ0) is 19.8. The highest BCUT2D eigenvalue weighted by atomic mass is 28.3. The summed E-state index contributed by atoms with van der Waals surface area (Å²) in [4.78, 5) is 0. The third kappa shape index (κ3) is 2.81. The topological polar surface area (TPSA) is 7.12 Å². The molecule has 1 aliphatic heterocycles. The normalized spacial score (nSPS) is 13.0. The van der Waals surface area contributed by atoms with E-state index in [9.17, 15) is 0 Å². The lowest BCUT2D eigenvalue weighted by Gasteiger charge is -2.42. The number of aryl methyl sites for hydroxylation is 1. The SMILES string of the molecule is Cc1cccc2[n+]1CN([Si](C)(c1ccccc1)c1ccccc1)c1ccccc1-2. The number of hydrogen-bond donors (Lipinski definition) is 0. The van der Waals surface area contributed by atoms with Crippen molar-refractivity contribution in [2.45, 2.75) is 20.1 Å². The number of hydrogen-bond acceptors (Lipinski definition) is 1. The number of fused-ring (bicyclic) bond motifs is 3.